The van der Waals surface area contributed by atoms with Gasteiger partial charge in [-0.2, -0.15) is 0 Å². The highest BCUT2D eigenvalue weighted by Gasteiger charge is 2.15. The number of phenols is 1. The van der Waals surface area contributed by atoms with Crippen molar-refractivity contribution in [2.24, 2.45) is 0 Å². The number of aryl methyl sites for hydroxylation is 2. The molecule has 1 atom stereocenters. The van der Waals surface area contributed by atoms with Crippen LogP contribution in [0.5, 0.6) is 5.75 Å². The van der Waals surface area contributed by atoms with Crippen LogP contribution in [0.2, 0.25) is 5.02 Å². The van der Waals surface area contributed by atoms with E-state index >= 15 is 0 Å². The molecule has 0 saturated heterocycles. The van der Waals surface area contributed by atoms with Crippen LogP contribution in [-0.2, 0) is 0 Å². The maximum Gasteiger partial charge on any atom is 0.140 e. The van der Waals surface area contributed by atoms with Gasteiger partial charge in [-0.05, 0) is 31.9 Å². The van der Waals surface area contributed by atoms with Crippen molar-refractivity contribution >= 4 is 11.6 Å². The number of aliphatic hydroxyl groups is 1. The van der Waals surface area contributed by atoms with E-state index in [9.17, 15) is 10.2 Å². The molecule has 1 unspecified atom stereocenters. The molecular formula is C10H13ClO2. The van der Waals surface area contributed by atoms with Crippen LogP contribution in [0.3, 0.4) is 0 Å². The first-order valence-electron chi connectivity index (χ1n) is 4.11. The number of aliphatic hydroxyl groups excluding tert-OH is 1. The molecular weight excluding hydrogens is 188 g/mol. The minimum absolute atomic E-state index is 0.00540. The normalized spacial score (nSPS) is 13.0. The Kier molecular flexibility index (Phi) is 2.84. The zero-order valence-electron chi connectivity index (χ0n) is 7.93. The minimum Gasteiger partial charge on any atom is -0.506 e. The van der Waals surface area contributed by atoms with Gasteiger partial charge in [-0.3, -0.25) is 0 Å². The summed E-state index contributed by atoms with van der Waals surface area (Å²) in [7, 11) is 0. The summed E-state index contributed by atoms with van der Waals surface area (Å²) < 4.78 is 0. The number of phenolic OH excluding ortho intramolecular Hbond substituents is 1. The highest BCUT2D eigenvalue weighted by molar-refractivity contribution is 6.32. The predicted molar refractivity (Wildman–Crippen MR) is 53.2 cm³/mol. The lowest BCUT2D eigenvalue weighted by Crippen LogP contribution is -1.97. The first kappa shape index (κ1) is 10.4. The van der Waals surface area contributed by atoms with Crippen LogP contribution >= 0.6 is 11.6 Å². The molecule has 0 aliphatic carbocycles. The van der Waals surface area contributed by atoms with Gasteiger partial charge in [-0.15, -0.1) is 0 Å². The number of hydrogen-bond acceptors (Lipinski definition) is 2. The van der Waals surface area contributed by atoms with Gasteiger partial charge < -0.3 is 10.2 Å². The summed E-state index contributed by atoms with van der Waals surface area (Å²) in [5, 5.41) is 19.3. The topological polar surface area (TPSA) is 40.5 Å². The molecule has 2 N–H and O–H groups in total. The van der Waals surface area contributed by atoms with Gasteiger partial charge >= 0.3 is 0 Å². The van der Waals surface area contributed by atoms with Gasteiger partial charge in [0.05, 0.1) is 11.1 Å². The van der Waals surface area contributed by atoms with Gasteiger partial charge in [-0.1, -0.05) is 17.7 Å². The number of aromatic hydroxyl groups is 1. The molecule has 0 saturated carbocycles. The van der Waals surface area contributed by atoms with Crippen LogP contribution in [0, 0.1) is 13.8 Å². The van der Waals surface area contributed by atoms with Gasteiger partial charge in [0.2, 0.25) is 0 Å². The third-order valence-corrected chi connectivity index (χ3v) is 2.56. The lowest BCUT2D eigenvalue weighted by atomic mass is 10.0. The van der Waals surface area contributed by atoms with Crippen molar-refractivity contribution in [3.05, 3.63) is 27.8 Å². The quantitative estimate of drug-likeness (QED) is 0.732. The highest BCUT2D eigenvalue weighted by atomic mass is 35.5. The Hall–Kier alpha value is -0.730. The molecule has 0 aliphatic heterocycles. The Morgan fingerprint density at radius 1 is 1.31 bits per heavy atom. The molecule has 0 aromatic heterocycles. The summed E-state index contributed by atoms with van der Waals surface area (Å²) >= 11 is 5.84. The second kappa shape index (κ2) is 3.56. The van der Waals surface area contributed by atoms with Gasteiger partial charge in [0, 0.05) is 5.56 Å². The third kappa shape index (κ3) is 1.79. The minimum atomic E-state index is -0.696. The summed E-state index contributed by atoms with van der Waals surface area (Å²) in [6, 6.07) is 1.85. The largest absolute Gasteiger partial charge is 0.506 e. The molecule has 1 rings (SSSR count). The molecule has 0 fully saturated rings. The predicted octanol–water partition coefficient (Wildman–Crippen LogP) is 2.72. The van der Waals surface area contributed by atoms with E-state index in [-0.39, 0.29) is 5.75 Å². The van der Waals surface area contributed by atoms with Crippen molar-refractivity contribution in [3.63, 3.8) is 0 Å². The van der Waals surface area contributed by atoms with Gasteiger partial charge in [0.15, 0.2) is 0 Å². The Morgan fingerprint density at radius 2 is 1.85 bits per heavy atom. The lowest BCUT2D eigenvalue weighted by Gasteiger charge is -2.13. The van der Waals surface area contributed by atoms with Crippen molar-refractivity contribution < 1.29 is 10.2 Å². The summed E-state index contributed by atoms with van der Waals surface area (Å²) in [4.78, 5) is 0. The number of halogens is 1. The van der Waals surface area contributed by atoms with E-state index in [2.05, 4.69) is 0 Å². The average molecular weight is 201 g/mol. The van der Waals surface area contributed by atoms with Gasteiger partial charge in [0.1, 0.15) is 5.75 Å². The van der Waals surface area contributed by atoms with E-state index in [0.717, 1.165) is 11.1 Å². The Morgan fingerprint density at radius 3 is 2.31 bits per heavy atom. The van der Waals surface area contributed by atoms with E-state index in [1.165, 1.54) is 0 Å². The summed E-state index contributed by atoms with van der Waals surface area (Å²) in [6.07, 6.45) is -0.696. The molecule has 0 aliphatic rings. The molecule has 13 heavy (non-hydrogen) atoms. The Bertz CT molecular complexity index is 332. The summed E-state index contributed by atoms with van der Waals surface area (Å²) in [5.74, 6) is -0.00540. The lowest BCUT2D eigenvalue weighted by molar-refractivity contribution is 0.194. The fourth-order valence-electron chi connectivity index (χ4n) is 1.48. The molecule has 0 heterocycles. The number of benzene rings is 1. The molecule has 2 nitrogen and oxygen atoms in total. The second-order valence-electron chi connectivity index (χ2n) is 3.26. The molecule has 0 spiro atoms. The van der Waals surface area contributed by atoms with E-state index < -0.39 is 6.10 Å². The van der Waals surface area contributed by atoms with Crippen LogP contribution < -0.4 is 0 Å². The van der Waals surface area contributed by atoms with Crippen LogP contribution in [0.25, 0.3) is 0 Å². The van der Waals surface area contributed by atoms with E-state index in [0.29, 0.717) is 10.6 Å². The maximum absolute atomic E-state index is 9.64. The first-order chi connectivity index (χ1) is 5.95. The number of rotatable bonds is 1. The van der Waals surface area contributed by atoms with Crippen molar-refractivity contribution in [1.82, 2.24) is 0 Å². The highest BCUT2D eigenvalue weighted by Crippen LogP contribution is 2.36. The van der Waals surface area contributed by atoms with Crippen LogP contribution in [0.1, 0.15) is 29.7 Å². The third-order valence-electron chi connectivity index (χ3n) is 2.08. The van der Waals surface area contributed by atoms with Crippen LogP contribution in [0.15, 0.2) is 6.07 Å². The second-order valence-corrected chi connectivity index (χ2v) is 3.64. The standard InChI is InChI=1S/C10H13ClO2/c1-5-4-6(2)9(11)10(13)8(5)7(3)12/h4,7,12-13H,1-3H3. The van der Waals surface area contributed by atoms with Crippen molar-refractivity contribution in [2.45, 2.75) is 26.9 Å². The first-order valence-corrected chi connectivity index (χ1v) is 4.49. The monoisotopic (exact) mass is 200 g/mol. The fraction of sp³-hybridized carbons (Fsp3) is 0.400. The zero-order valence-corrected chi connectivity index (χ0v) is 8.68. The molecule has 0 radical (unpaired) electrons. The van der Waals surface area contributed by atoms with E-state index in [1.807, 2.05) is 19.9 Å². The summed E-state index contributed by atoms with van der Waals surface area (Å²) in [5.41, 5.74) is 2.19. The molecule has 1 aromatic rings. The van der Waals surface area contributed by atoms with Gasteiger partial charge in [0.25, 0.3) is 0 Å². The zero-order chi connectivity index (χ0) is 10.2. The molecule has 1 aromatic carbocycles. The number of hydrogen-bond donors (Lipinski definition) is 2. The van der Waals surface area contributed by atoms with E-state index in [4.69, 9.17) is 11.6 Å². The SMILES string of the molecule is Cc1cc(C)c(C(C)O)c(O)c1Cl. The van der Waals surface area contributed by atoms with Crippen molar-refractivity contribution in [3.8, 4) is 5.75 Å². The Balaban J connectivity index is 3.44. The molecule has 0 amide bonds. The smallest absolute Gasteiger partial charge is 0.140 e. The van der Waals surface area contributed by atoms with Crippen LogP contribution in [-0.4, -0.2) is 10.2 Å². The van der Waals surface area contributed by atoms with E-state index in [1.54, 1.807) is 6.92 Å². The van der Waals surface area contributed by atoms with Gasteiger partial charge in [-0.25, -0.2) is 0 Å². The molecule has 72 valence electrons. The maximum atomic E-state index is 9.64. The fourth-order valence-corrected chi connectivity index (χ4v) is 1.64. The van der Waals surface area contributed by atoms with Crippen molar-refractivity contribution in [2.75, 3.05) is 0 Å². The molecule has 3 heteroatoms. The molecule has 0 bridgehead atoms. The average Bonchev–Trinajstić information content (AvgIpc) is 1.99. The Labute approximate surface area is 82.8 Å². The summed E-state index contributed by atoms with van der Waals surface area (Å²) in [6.45, 7) is 5.26. The van der Waals surface area contributed by atoms with Crippen LogP contribution in [0.4, 0.5) is 0 Å². The van der Waals surface area contributed by atoms with Crippen molar-refractivity contribution in [1.29, 1.82) is 0 Å².